The number of hydrogen-bond acceptors (Lipinski definition) is 3. The average molecular weight is 333 g/mol. The number of carbonyl (C=O) groups is 1. The molecule has 1 aromatic rings. The summed E-state index contributed by atoms with van der Waals surface area (Å²) in [4.78, 5) is 12.8. The zero-order valence-electron chi connectivity index (χ0n) is 15.7. The Morgan fingerprint density at radius 1 is 1.17 bits per heavy atom. The molecule has 1 fully saturated rings. The number of amides is 1. The molecule has 1 saturated carbocycles. The summed E-state index contributed by atoms with van der Waals surface area (Å²) in [6.07, 6.45) is 4.85. The summed E-state index contributed by atoms with van der Waals surface area (Å²) in [5, 5.41) is 3.06. The Bertz CT molecular complexity index is 551. The summed E-state index contributed by atoms with van der Waals surface area (Å²) in [5.74, 6) is 1.37. The van der Waals surface area contributed by atoms with Crippen molar-refractivity contribution in [2.75, 3.05) is 19.0 Å². The second-order valence-corrected chi connectivity index (χ2v) is 7.36. The van der Waals surface area contributed by atoms with Crippen LogP contribution in [0.2, 0.25) is 0 Å². The van der Waals surface area contributed by atoms with Gasteiger partial charge in [-0.15, -0.1) is 0 Å². The number of ether oxygens (including phenoxy) is 2. The maximum Gasteiger partial charge on any atom is 0.256 e. The topological polar surface area (TPSA) is 47.6 Å². The Kier molecular flexibility index (Phi) is 6.27. The molecule has 1 aromatic carbocycles. The van der Waals surface area contributed by atoms with E-state index in [1.807, 2.05) is 26.0 Å². The first-order chi connectivity index (χ1) is 11.4. The molecule has 0 spiro atoms. The summed E-state index contributed by atoms with van der Waals surface area (Å²) >= 11 is 0. The lowest BCUT2D eigenvalue weighted by Gasteiger charge is -2.34. The van der Waals surface area contributed by atoms with Crippen molar-refractivity contribution >= 4 is 11.6 Å². The summed E-state index contributed by atoms with van der Waals surface area (Å²) in [6, 6.07) is 3.96. The Morgan fingerprint density at radius 2 is 1.75 bits per heavy atom. The van der Waals surface area contributed by atoms with Gasteiger partial charge in [0.15, 0.2) is 0 Å². The SMILES string of the molecule is COC1(C(=O)Nc2cc(C)c(OCC(C)C)c(C)c2)CCCCC1. The largest absolute Gasteiger partial charge is 0.493 e. The Hall–Kier alpha value is -1.55. The zero-order chi connectivity index (χ0) is 17.7. The molecule has 0 aromatic heterocycles. The van der Waals surface area contributed by atoms with E-state index < -0.39 is 5.60 Å². The minimum atomic E-state index is -0.674. The van der Waals surface area contributed by atoms with Gasteiger partial charge in [0.05, 0.1) is 6.61 Å². The van der Waals surface area contributed by atoms with Crippen molar-refractivity contribution in [2.45, 2.75) is 65.4 Å². The van der Waals surface area contributed by atoms with Crippen LogP contribution in [0, 0.1) is 19.8 Å². The number of hydrogen-bond donors (Lipinski definition) is 1. The molecule has 0 saturated heterocycles. The van der Waals surface area contributed by atoms with Gasteiger partial charge in [-0.2, -0.15) is 0 Å². The molecule has 134 valence electrons. The first kappa shape index (κ1) is 18.8. The maximum absolute atomic E-state index is 12.8. The number of carbonyl (C=O) groups excluding carboxylic acids is 1. The van der Waals surface area contributed by atoms with Crippen LogP contribution in [0.4, 0.5) is 5.69 Å². The van der Waals surface area contributed by atoms with E-state index in [1.54, 1.807) is 7.11 Å². The lowest BCUT2D eigenvalue weighted by molar-refractivity contribution is -0.141. The van der Waals surface area contributed by atoms with Crippen LogP contribution >= 0.6 is 0 Å². The zero-order valence-corrected chi connectivity index (χ0v) is 15.7. The molecule has 2 rings (SSSR count). The number of nitrogens with one attached hydrogen (secondary N) is 1. The highest BCUT2D eigenvalue weighted by Crippen LogP contribution is 2.33. The van der Waals surface area contributed by atoms with E-state index in [4.69, 9.17) is 9.47 Å². The Labute approximate surface area is 145 Å². The molecule has 1 amide bonds. The van der Waals surface area contributed by atoms with E-state index in [1.165, 1.54) is 6.42 Å². The van der Waals surface area contributed by atoms with Crippen LogP contribution in [0.3, 0.4) is 0 Å². The molecule has 24 heavy (non-hydrogen) atoms. The smallest absolute Gasteiger partial charge is 0.256 e. The third-order valence-corrected chi connectivity index (χ3v) is 4.74. The van der Waals surface area contributed by atoms with Gasteiger partial charge < -0.3 is 14.8 Å². The van der Waals surface area contributed by atoms with Crippen molar-refractivity contribution in [2.24, 2.45) is 5.92 Å². The molecule has 0 radical (unpaired) electrons. The van der Waals surface area contributed by atoms with Crippen molar-refractivity contribution in [3.63, 3.8) is 0 Å². The van der Waals surface area contributed by atoms with Crippen LogP contribution in [0.25, 0.3) is 0 Å². The van der Waals surface area contributed by atoms with Crippen molar-refractivity contribution in [3.05, 3.63) is 23.3 Å². The molecule has 4 heteroatoms. The van der Waals surface area contributed by atoms with E-state index in [9.17, 15) is 4.79 Å². The molecule has 0 aliphatic heterocycles. The first-order valence-electron chi connectivity index (χ1n) is 8.98. The molecule has 0 heterocycles. The predicted molar refractivity (Wildman–Crippen MR) is 97.7 cm³/mol. The number of methoxy groups -OCH3 is 1. The highest BCUT2D eigenvalue weighted by molar-refractivity contribution is 5.97. The van der Waals surface area contributed by atoms with Crippen molar-refractivity contribution < 1.29 is 14.3 Å². The van der Waals surface area contributed by atoms with Gasteiger partial charge in [-0.1, -0.05) is 33.1 Å². The minimum Gasteiger partial charge on any atom is -0.493 e. The molecular formula is C20H31NO3. The van der Waals surface area contributed by atoms with Gasteiger partial charge in [-0.05, 0) is 55.9 Å². The van der Waals surface area contributed by atoms with Gasteiger partial charge in [0.2, 0.25) is 0 Å². The molecule has 1 aliphatic carbocycles. The van der Waals surface area contributed by atoms with Crippen LogP contribution in [-0.4, -0.2) is 25.2 Å². The fraction of sp³-hybridized carbons (Fsp3) is 0.650. The quantitative estimate of drug-likeness (QED) is 0.826. The molecule has 1 N–H and O–H groups in total. The maximum atomic E-state index is 12.8. The highest BCUT2D eigenvalue weighted by Gasteiger charge is 2.39. The monoisotopic (exact) mass is 333 g/mol. The Balaban J connectivity index is 2.13. The fourth-order valence-corrected chi connectivity index (χ4v) is 3.39. The van der Waals surface area contributed by atoms with Crippen molar-refractivity contribution in [1.82, 2.24) is 0 Å². The number of aryl methyl sites for hydroxylation is 2. The predicted octanol–water partition coefficient (Wildman–Crippen LogP) is 4.63. The van der Waals surface area contributed by atoms with Gasteiger partial charge in [0.25, 0.3) is 5.91 Å². The third kappa shape index (κ3) is 4.29. The molecule has 4 nitrogen and oxygen atoms in total. The van der Waals surface area contributed by atoms with E-state index in [-0.39, 0.29) is 5.91 Å². The van der Waals surface area contributed by atoms with E-state index in [0.29, 0.717) is 12.5 Å². The van der Waals surface area contributed by atoms with Gasteiger partial charge in [-0.25, -0.2) is 0 Å². The van der Waals surface area contributed by atoms with Gasteiger partial charge in [-0.3, -0.25) is 4.79 Å². The second kappa shape index (κ2) is 8.02. The molecule has 0 atom stereocenters. The second-order valence-electron chi connectivity index (χ2n) is 7.36. The van der Waals surface area contributed by atoms with Crippen LogP contribution in [-0.2, 0) is 9.53 Å². The molecule has 1 aliphatic rings. The normalized spacial score (nSPS) is 16.9. The number of anilines is 1. The van der Waals surface area contributed by atoms with Crippen LogP contribution in [0.1, 0.15) is 57.1 Å². The number of rotatable bonds is 6. The lowest BCUT2D eigenvalue weighted by Crippen LogP contribution is -2.46. The van der Waals surface area contributed by atoms with Crippen molar-refractivity contribution in [3.8, 4) is 5.75 Å². The molecule has 0 unspecified atom stereocenters. The minimum absolute atomic E-state index is 0.0284. The molecule has 0 bridgehead atoms. The first-order valence-corrected chi connectivity index (χ1v) is 8.98. The van der Waals surface area contributed by atoms with Crippen LogP contribution in [0.15, 0.2) is 12.1 Å². The van der Waals surface area contributed by atoms with Crippen molar-refractivity contribution in [1.29, 1.82) is 0 Å². The average Bonchev–Trinajstić information content (AvgIpc) is 2.54. The lowest BCUT2D eigenvalue weighted by atomic mass is 9.84. The number of benzene rings is 1. The van der Waals surface area contributed by atoms with Gasteiger partial charge in [0, 0.05) is 12.8 Å². The Morgan fingerprint density at radius 3 is 2.25 bits per heavy atom. The van der Waals surface area contributed by atoms with Crippen LogP contribution in [0.5, 0.6) is 5.75 Å². The third-order valence-electron chi connectivity index (χ3n) is 4.74. The summed E-state index contributed by atoms with van der Waals surface area (Å²) in [7, 11) is 1.64. The summed E-state index contributed by atoms with van der Waals surface area (Å²) in [6.45, 7) is 9.00. The van der Waals surface area contributed by atoms with Gasteiger partial charge in [0.1, 0.15) is 11.4 Å². The van der Waals surface area contributed by atoms with Gasteiger partial charge >= 0.3 is 0 Å². The standard InChI is InChI=1S/C20H31NO3/c1-14(2)13-24-18-15(3)11-17(12-16(18)4)21-19(22)20(23-5)9-7-6-8-10-20/h11-12,14H,6-10,13H2,1-5H3,(H,21,22). The molecular weight excluding hydrogens is 302 g/mol. The highest BCUT2D eigenvalue weighted by atomic mass is 16.5. The summed E-state index contributed by atoms with van der Waals surface area (Å²) in [5.41, 5.74) is 2.23. The fourth-order valence-electron chi connectivity index (χ4n) is 3.39. The van der Waals surface area contributed by atoms with E-state index in [0.717, 1.165) is 48.2 Å². The van der Waals surface area contributed by atoms with E-state index >= 15 is 0 Å². The van der Waals surface area contributed by atoms with Crippen LogP contribution < -0.4 is 10.1 Å². The summed E-state index contributed by atoms with van der Waals surface area (Å²) < 4.78 is 11.5. The van der Waals surface area contributed by atoms with E-state index in [2.05, 4.69) is 19.2 Å².